The Kier molecular flexibility index (Phi) is 15.2. The zero-order valence-electron chi connectivity index (χ0n) is 45.9. The first-order valence-corrected chi connectivity index (χ1v) is 29.3. The van der Waals surface area contributed by atoms with E-state index >= 15 is 0 Å². The molecule has 0 aliphatic carbocycles. The van der Waals surface area contributed by atoms with Crippen LogP contribution in [0.5, 0.6) is 0 Å². The third kappa shape index (κ3) is 10.0. The van der Waals surface area contributed by atoms with Gasteiger partial charge < -0.3 is 10.0 Å². The molecule has 85 heavy (non-hydrogen) atoms. The lowest BCUT2D eigenvalue weighted by Crippen LogP contribution is -2.31. The minimum Gasteiger partial charge on any atom is -0.423 e. The van der Waals surface area contributed by atoms with Crippen LogP contribution >= 0.6 is 15.9 Å². The highest BCUT2D eigenvalue weighted by molar-refractivity contribution is 9.10. The van der Waals surface area contributed by atoms with Crippen LogP contribution in [0.4, 0.5) is 0 Å². The van der Waals surface area contributed by atoms with Crippen molar-refractivity contribution >= 4 is 115 Å². The summed E-state index contributed by atoms with van der Waals surface area (Å²) < 4.78 is 1.16. The first-order valence-electron chi connectivity index (χ1n) is 28.5. The second kappa shape index (κ2) is 23.7. The van der Waals surface area contributed by atoms with Crippen molar-refractivity contribution < 1.29 is 10.0 Å². The van der Waals surface area contributed by atoms with Crippen molar-refractivity contribution in [1.82, 2.24) is 0 Å². The van der Waals surface area contributed by atoms with Crippen LogP contribution in [0.3, 0.4) is 0 Å². The van der Waals surface area contributed by atoms with Crippen LogP contribution in [0, 0.1) is 0 Å². The number of halogens is 1. The van der Waals surface area contributed by atoms with E-state index in [4.69, 9.17) is 0 Å². The number of benzene rings is 16. The van der Waals surface area contributed by atoms with Gasteiger partial charge in [-0.25, -0.2) is 0 Å². The van der Waals surface area contributed by atoms with Crippen LogP contribution in [0.1, 0.15) is 7.43 Å². The molecule has 0 saturated heterocycles. The zero-order chi connectivity index (χ0) is 56.5. The fraction of sp³-hybridized carbons (Fsp3) is 0.0123. The van der Waals surface area contributed by atoms with E-state index in [1.54, 1.807) is 0 Å². The zero-order valence-corrected chi connectivity index (χ0v) is 47.5. The van der Waals surface area contributed by atoms with E-state index in [2.05, 4.69) is 277 Å². The molecular weight excluding hydrogens is 1100 g/mol. The van der Waals surface area contributed by atoms with Gasteiger partial charge in [0, 0.05) is 4.47 Å². The van der Waals surface area contributed by atoms with Gasteiger partial charge in [0.25, 0.3) is 0 Å². The number of fused-ring (bicyclic) bond motifs is 10. The Hall–Kier alpha value is -9.94. The van der Waals surface area contributed by atoms with Crippen molar-refractivity contribution in [2.24, 2.45) is 0 Å². The topological polar surface area (TPSA) is 40.5 Å². The number of rotatable bonds is 6. The fourth-order valence-electron chi connectivity index (χ4n) is 12.8. The molecule has 0 aliphatic heterocycles. The highest BCUT2D eigenvalue weighted by atomic mass is 79.9. The summed E-state index contributed by atoms with van der Waals surface area (Å²) in [5.41, 5.74) is 12.7. The Morgan fingerprint density at radius 1 is 0.212 bits per heavy atom. The van der Waals surface area contributed by atoms with Crippen LogP contribution in [0.25, 0.3) is 142 Å². The Morgan fingerprint density at radius 3 is 0.941 bits per heavy atom. The van der Waals surface area contributed by atoms with Crippen molar-refractivity contribution in [2.45, 2.75) is 7.43 Å². The van der Waals surface area contributed by atoms with Crippen molar-refractivity contribution in [1.29, 1.82) is 0 Å². The van der Waals surface area contributed by atoms with E-state index in [1.807, 2.05) is 54.6 Å². The monoisotopic (exact) mass is 1150 g/mol. The summed E-state index contributed by atoms with van der Waals surface area (Å²) in [6.45, 7) is 0. The molecule has 0 fully saturated rings. The molecule has 0 bridgehead atoms. The Morgan fingerprint density at radius 2 is 0.506 bits per heavy atom. The third-order valence-electron chi connectivity index (χ3n) is 16.5. The Labute approximate surface area is 504 Å². The SMILES string of the molecule is Brc1cccc2c1ccc1ccccc12.C.OB(O)c1c2ccccc2c(-c2ccccc2-c2ccccc2)c2ccccc12.c1ccc(-c2ccccc2-c2c3ccccc3c(-c3cccc4c3ccc3ccccc34)c3ccccc23)cc1. The summed E-state index contributed by atoms with van der Waals surface area (Å²) in [6, 6.07) is 111. The first-order chi connectivity index (χ1) is 41.5. The molecule has 0 radical (unpaired) electrons. The minimum absolute atomic E-state index is 0. The highest BCUT2D eigenvalue weighted by Gasteiger charge is 2.24. The van der Waals surface area contributed by atoms with E-state index in [-0.39, 0.29) is 7.43 Å². The van der Waals surface area contributed by atoms with Crippen LogP contribution in [-0.4, -0.2) is 17.2 Å². The molecule has 0 spiro atoms. The normalized spacial score (nSPS) is 11.1. The molecular formula is C81H58BBrO2. The molecule has 0 aliphatic rings. The lowest BCUT2D eigenvalue weighted by atomic mass is 9.72. The average molecular weight is 1150 g/mol. The van der Waals surface area contributed by atoms with Gasteiger partial charge in [-0.05, 0) is 153 Å². The summed E-state index contributed by atoms with van der Waals surface area (Å²) in [7, 11) is -1.54. The summed E-state index contributed by atoms with van der Waals surface area (Å²) in [5, 5.41) is 39.5. The van der Waals surface area contributed by atoms with Gasteiger partial charge in [0.1, 0.15) is 0 Å². The van der Waals surface area contributed by atoms with Crippen LogP contribution in [0.15, 0.2) is 320 Å². The molecule has 16 rings (SSSR count). The van der Waals surface area contributed by atoms with Crippen molar-refractivity contribution in [2.75, 3.05) is 0 Å². The quantitative estimate of drug-likeness (QED) is 0.0990. The summed E-state index contributed by atoms with van der Waals surface area (Å²) in [4.78, 5) is 0. The smallest absolute Gasteiger partial charge is 0.423 e. The van der Waals surface area contributed by atoms with Gasteiger partial charge in [-0.2, -0.15) is 0 Å². The van der Waals surface area contributed by atoms with Crippen molar-refractivity contribution in [3.05, 3.63) is 320 Å². The van der Waals surface area contributed by atoms with E-state index in [1.165, 1.54) is 98.0 Å². The molecule has 404 valence electrons. The number of hydrogen-bond acceptors (Lipinski definition) is 2. The second-order valence-electron chi connectivity index (χ2n) is 21.2. The van der Waals surface area contributed by atoms with Gasteiger partial charge in [-0.15, -0.1) is 0 Å². The molecule has 0 saturated carbocycles. The lowest BCUT2D eigenvalue weighted by Gasteiger charge is -2.20. The number of hydrogen-bond donors (Lipinski definition) is 2. The largest absolute Gasteiger partial charge is 0.489 e. The molecule has 0 unspecified atom stereocenters. The first kappa shape index (κ1) is 54.3. The summed E-state index contributed by atoms with van der Waals surface area (Å²) in [5.74, 6) is 0. The highest BCUT2D eigenvalue weighted by Crippen LogP contribution is 2.48. The molecule has 0 heterocycles. The molecule has 16 aromatic carbocycles. The van der Waals surface area contributed by atoms with Gasteiger partial charge in [0.05, 0.1) is 0 Å². The predicted molar refractivity (Wildman–Crippen MR) is 371 cm³/mol. The van der Waals surface area contributed by atoms with Crippen molar-refractivity contribution in [3.63, 3.8) is 0 Å². The molecule has 2 nitrogen and oxygen atoms in total. The third-order valence-corrected chi connectivity index (χ3v) is 17.2. The van der Waals surface area contributed by atoms with Crippen molar-refractivity contribution in [3.8, 4) is 55.6 Å². The maximum Gasteiger partial charge on any atom is 0.489 e. The molecule has 2 N–H and O–H groups in total. The van der Waals surface area contributed by atoms with Gasteiger partial charge in [0.15, 0.2) is 0 Å². The van der Waals surface area contributed by atoms with E-state index in [9.17, 15) is 10.0 Å². The van der Waals surface area contributed by atoms with Gasteiger partial charge in [-0.3, -0.25) is 0 Å². The minimum atomic E-state index is -1.54. The van der Waals surface area contributed by atoms with Gasteiger partial charge in [0.2, 0.25) is 0 Å². The van der Waals surface area contributed by atoms with Gasteiger partial charge in [-0.1, -0.05) is 333 Å². The lowest BCUT2D eigenvalue weighted by molar-refractivity contribution is 0.426. The van der Waals surface area contributed by atoms with E-state index < -0.39 is 7.12 Å². The predicted octanol–water partition coefficient (Wildman–Crippen LogP) is 21.7. The van der Waals surface area contributed by atoms with E-state index in [0.29, 0.717) is 5.46 Å². The summed E-state index contributed by atoms with van der Waals surface area (Å²) in [6.07, 6.45) is 0. The van der Waals surface area contributed by atoms with E-state index in [0.717, 1.165) is 48.3 Å². The Balaban J connectivity index is 0.000000130. The van der Waals surface area contributed by atoms with Crippen LogP contribution in [0.2, 0.25) is 0 Å². The van der Waals surface area contributed by atoms with Crippen LogP contribution in [-0.2, 0) is 0 Å². The molecule has 0 amide bonds. The average Bonchev–Trinajstić information content (AvgIpc) is 1.70. The maximum absolute atomic E-state index is 10.2. The van der Waals surface area contributed by atoms with Crippen LogP contribution < -0.4 is 5.46 Å². The Bertz CT molecular complexity index is 5020. The summed E-state index contributed by atoms with van der Waals surface area (Å²) >= 11 is 3.58. The molecule has 16 aromatic rings. The van der Waals surface area contributed by atoms with Gasteiger partial charge >= 0.3 is 7.12 Å². The second-order valence-corrected chi connectivity index (χ2v) is 22.1. The standard InChI is InChI=1S/C40H26.C26H19BO2.C14H9Br.CH4/c1-2-13-27(14-3-1)30-17-6-7-18-33(30)39-35-19-8-10-21-37(35)40(38-22-11-9-20-36(38)39)34-24-12-23-31-29-16-5-4-15-28(29)25-26-32(31)34;28-27(29)26-23-16-8-6-14-21(23)25(22-15-7-9-17-24(22)26)20-13-5-4-12-19(20)18-10-2-1-3-11-18;15-14-7-3-6-12-11-5-2-1-4-10(11)8-9-13(12)14;/h1-26H;1-17,28-29H;1-9H;1H4. The maximum atomic E-state index is 10.2. The molecule has 4 heteroatoms. The molecule has 0 aromatic heterocycles. The molecule has 0 atom stereocenters. The fourth-order valence-corrected chi connectivity index (χ4v) is 13.3.